The maximum absolute atomic E-state index is 12.3. The lowest BCUT2D eigenvalue weighted by atomic mass is 9.87. The highest BCUT2D eigenvalue weighted by molar-refractivity contribution is 5.94. The van der Waals surface area contributed by atoms with Gasteiger partial charge in [0, 0.05) is 23.7 Å². The van der Waals surface area contributed by atoms with Crippen LogP contribution in [0.1, 0.15) is 51.4 Å². The van der Waals surface area contributed by atoms with Crippen molar-refractivity contribution < 1.29 is 24.2 Å². The Labute approximate surface area is 164 Å². The molecule has 2 amide bonds. The maximum atomic E-state index is 12.3. The van der Waals surface area contributed by atoms with E-state index < -0.39 is 11.9 Å². The van der Waals surface area contributed by atoms with Gasteiger partial charge >= 0.3 is 5.97 Å². The van der Waals surface area contributed by atoms with Gasteiger partial charge in [-0.2, -0.15) is 0 Å². The molecular weight excluding hydrogens is 360 g/mol. The molecule has 28 heavy (non-hydrogen) atoms. The molecule has 152 valence electrons. The largest absolute Gasteiger partial charge is 0.484 e. The minimum absolute atomic E-state index is 0.0129. The van der Waals surface area contributed by atoms with Gasteiger partial charge in [0.1, 0.15) is 5.75 Å². The van der Waals surface area contributed by atoms with Crippen LogP contribution in [-0.4, -0.2) is 35.5 Å². The minimum atomic E-state index is -0.854. The lowest BCUT2D eigenvalue weighted by molar-refractivity contribution is -0.143. The summed E-state index contributed by atoms with van der Waals surface area (Å²) >= 11 is 0. The molecule has 0 saturated heterocycles. The fourth-order valence-electron chi connectivity index (χ4n) is 3.60. The number of carbonyl (C=O) groups is 3. The van der Waals surface area contributed by atoms with E-state index in [1.165, 1.54) is 0 Å². The third-order valence-electron chi connectivity index (χ3n) is 5.35. The zero-order valence-electron chi connectivity index (χ0n) is 16.0. The van der Waals surface area contributed by atoms with Crippen LogP contribution in [0, 0.1) is 11.8 Å². The van der Waals surface area contributed by atoms with Crippen LogP contribution >= 0.6 is 0 Å². The summed E-state index contributed by atoms with van der Waals surface area (Å²) in [5.74, 6) is -1.13. The Hall–Kier alpha value is -2.57. The summed E-state index contributed by atoms with van der Waals surface area (Å²) in [4.78, 5) is 35.7. The van der Waals surface area contributed by atoms with Crippen molar-refractivity contribution in [2.24, 2.45) is 11.8 Å². The van der Waals surface area contributed by atoms with E-state index >= 15 is 0 Å². The van der Waals surface area contributed by atoms with Gasteiger partial charge < -0.3 is 20.5 Å². The van der Waals surface area contributed by atoms with Crippen LogP contribution in [-0.2, 0) is 14.4 Å². The molecule has 0 aromatic heterocycles. The van der Waals surface area contributed by atoms with Gasteiger partial charge in [-0.05, 0) is 37.8 Å². The Balaban J connectivity index is 1.51. The van der Waals surface area contributed by atoms with Crippen molar-refractivity contribution in [3.8, 4) is 5.75 Å². The quantitative estimate of drug-likeness (QED) is 0.666. The Morgan fingerprint density at radius 1 is 1.04 bits per heavy atom. The standard InChI is InChI=1S/C21H28N2O5/c24-19(23-18-9-4-2-1-3-8-17(18)21(26)27)13-28-16-7-5-6-15(12-16)22-20(25)14-10-11-14/h5-7,12,14,17-18H,1-4,8-11,13H2,(H,22,25)(H,23,24)(H,26,27). The first kappa shape index (κ1) is 20.2. The molecule has 2 atom stereocenters. The molecule has 7 nitrogen and oxygen atoms in total. The van der Waals surface area contributed by atoms with Gasteiger partial charge in [0.2, 0.25) is 5.91 Å². The molecule has 0 bridgehead atoms. The van der Waals surface area contributed by atoms with E-state index in [4.69, 9.17) is 4.74 Å². The van der Waals surface area contributed by atoms with Crippen molar-refractivity contribution in [1.82, 2.24) is 5.32 Å². The highest BCUT2D eigenvalue weighted by Crippen LogP contribution is 2.30. The summed E-state index contributed by atoms with van der Waals surface area (Å²) < 4.78 is 5.55. The van der Waals surface area contributed by atoms with Gasteiger partial charge in [0.15, 0.2) is 6.61 Å². The number of anilines is 1. The first-order valence-electron chi connectivity index (χ1n) is 10.1. The molecule has 0 aliphatic heterocycles. The number of aliphatic carboxylic acids is 1. The van der Waals surface area contributed by atoms with E-state index in [1.54, 1.807) is 24.3 Å². The third kappa shape index (κ3) is 5.97. The fraction of sp³-hybridized carbons (Fsp3) is 0.571. The number of hydrogen-bond acceptors (Lipinski definition) is 4. The van der Waals surface area contributed by atoms with Crippen LogP contribution in [0.2, 0.25) is 0 Å². The molecular formula is C21H28N2O5. The van der Waals surface area contributed by atoms with Crippen LogP contribution < -0.4 is 15.4 Å². The van der Waals surface area contributed by atoms with E-state index in [2.05, 4.69) is 10.6 Å². The molecule has 1 aromatic rings. The zero-order chi connectivity index (χ0) is 19.9. The Bertz CT molecular complexity index is 717. The molecule has 0 spiro atoms. The number of benzene rings is 1. The molecule has 2 aliphatic rings. The highest BCUT2D eigenvalue weighted by Gasteiger charge is 2.30. The molecule has 0 heterocycles. The van der Waals surface area contributed by atoms with Crippen molar-refractivity contribution in [2.75, 3.05) is 11.9 Å². The van der Waals surface area contributed by atoms with Crippen LogP contribution in [0.3, 0.4) is 0 Å². The molecule has 7 heteroatoms. The van der Waals surface area contributed by atoms with Crippen LogP contribution in [0.5, 0.6) is 5.75 Å². The predicted molar refractivity (Wildman–Crippen MR) is 104 cm³/mol. The van der Waals surface area contributed by atoms with Gasteiger partial charge in [-0.15, -0.1) is 0 Å². The summed E-state index contributed by atoms with van der Waals surface area (Å²) in [7, 11) is 0. The number of ether oxygens (including phenoxy) is 1. The second-order valence-corrected chi connectivity index (χ2v) is 7.69. The SMILES string of the molecule is O=C(COc1cccc(NC(=O)C2CC2)c1)NC1CCCCCCC1C(=O)O. The summed E-state index contributed by atoms with van der Waals surface area (Å²) in [5, 5.41) is 15.2. The van der Waals surface area contributed by atoms with E-state index in [9.17, 15) is 19.5 Å². The number of rotatable bonds is 7. The lowest BCUT2D eigenvalue weighted by Crippen LogP contribution is -2.45. The Morgan fingerprint density at radius 3 is 2.50 bits per heavy atom. The normalized spacial score (nSPS) is 22.4. The highest BCUT2D eigenvalue weighted by atomic mass is 16.5. The minimum Gasteiger partial charge on any atom is -0.484 e. The fourth-order valence-corrected chi connectivity index (χ4v) is 3.60. The second kappa shape index (κ2) is 9.57. The van der Waals surface area contributed by atoms with Gasteiger partial charge in [-0.3, -0.25) is 14.4 Å². The second-order valence-electron chi connectivity index (χ2n) is 7.69. The van der Waals surface area contributed by atoms with Crippen LogP contribution in [0.15, 0.2) is 24.3 Å². The number of carboxylic acid groups (broad SMARTS) is 1. The van der Waals surface area contributed by atoms with E-state index in [1.807, 2.05) is 0 Å². The molecule has 2 saturated carbocycles. The Morgan fingerprint density at radius 2 is 1.79 bits per heavy atom. The van der Waals surface area contributed by atoms with E-state index in [0.29, 0.717) is 24.3 Å². The van der Waals surface area contributed by atoms with E-state index in [-0.39, 0.29) is 30.4 Å². The van der Waals surface area contributed by atoms with Crippen LogP contribution in [0.25, 0.3) is 0 Å². The summed E-state index contributed by atoms with van der Waals surface area (Å²) in [6.45, 7) is -0.192. The smallest absolute Gasteiger partial charge is 0.308 e. The summed E-state index contributed by atoms with van der Waals surface area (Å²) in [5.41, 5.74) is 0.640. The number of hydrogen-bond donors (Lipinski definition) is 3. The van der Waals surface area contributed by atoms with Crippen molar-refractivity contribution in [3.63, 3.8) is 0 Å². The lowest BCUT2D eigenvalue weighted by Gasteiger charge is -2.27. The van der Waals surface area contributed by atoms with Crippen molar-refractivity contribution in [1.29, 1.82) is 0 Å². The molecule has 2 fully saturated rings. The number of nitrogens with one attached hydrogen (secondary N) is 2. The Kier molecular flexibility index (Phi) is 6.90. The molecule has 3 rings (SSSR count). The summed E-state index contributed by atoms with van der Waals surface area (Å²) in [6, 6.07) is 6.57. The first-order chi connectivity index (χ1) is 13.5. The average molecular weight is 388 g/mol. The maximum Gasteiger partial charge on any atom is 0.308 e. The van der Waals surface area contributed by atoms with Crippen molar-refractivity contribution >= 4 is 23.5 Å². The topological polar surface area (TPSA) is 105 Å². The average Bonchev–Trinajstić information content (AvgIpc) is 3.47. The first-order valence-corrected chi connectivity index (χ1v) is 10.1. The van der Waals surface area contributed by atoms with Crippen molar-refractivity contribution in [2.45, 2.75) is 57.4 Å². The van der Waals surface area contributed by atoms with E-state index in [0.717, 1.165) is 38.5 Å². The van der Waals surface area contributed by atoms with Gasteiger partial charge in [-0.25, -0.2) is 0 Å². The molecule has 3 N–H and O–H groups in total. The molecule has 2 unspecified atom stereocenters. The van der Waals surface area contributed by atoms with Gasteiger partial charge in [-0.1, -0.05) is 31.7 Å². The summed E-state index contributed by atoms with van der Waals surface area (Å²) in [6.07, 6.45) is 7.02. The third-order valence-corrected chi connectivity index (χ3v) is 5.35. The number of carboxylic acids is 1. The number of amides is 2. The van der Waals surface area contributed by atoms with Crippen molar-refractivity contribution in [3.05, 3.63) is 24.3 Å². The van der Waals surface area contributed by atoms with Crippen LogP contribution in [0.4, 0.5) is 5.69 Å². The number of carbonyl (C=O) groups excluding carboxylic acids is 2. The molecule has 0 radical (unpaired) electrons. The predicted octanol–water partition coefficient (Wildman–Crippen LogP) is 2.95. The van der Waals surface area contributed by atoms with Gasteiger partial charge in [0.05, 0.1) is 5.92 Å². The van der Waals surface area contributed by atoms with Gasteiger partial charge in [0.25, 0.3) is 5.91 Å². The zero-order valence-corrected chi connectivity index (χ0v) is 16.0. The molecule has 2 aliphatic carbocycles. The monoisotopic (exact) mass is 388 g/mol. The molecule has 1 aromatic carbocycles.